The van der Waals surface area contributed by atoms with Gasteiger partial charge in [-0.1, -0.05) is 31.0 Å². The van der Waals surface area contributed by atoms with E-state index in [4.69, 9.17) is 7.85 Å². The maximum Gasteiger partial charge on any atom is 0.132 e. The lowest BCUT2D eigenvalue weighted by Gasteiger charge is -2.42. The summed E-state index contributed by atoms with van der Waals surface area (Å²) in [6.45, 7) is 0. The van der Waals surface area contributed by atoms with Crippen molar-refractivity contribution >= 4 is 13.6 Å². The summed E-state index contributed by atoms with van der Waals surface area (Å²) in [5, 5.41) is -0.0990. The van der Waals surface area contributed by atoms with Crippen molar-refractivity contribution in [2.75, 3.05) is 0 Å². The average Bonchev–Trinajstić information content (AvgIpc) is 1.82. The standard InChI is InChI=1S/C9H13BO/c10-9-3-1-2-7(5-9)4-8(11)6-9/h7H,1-6H2. The quantitative estimate of drug-likeness (QED) is 0.479. The van der Waals surface area contributed by atoms with E-state index < -0.39 is 0 Å². The molecule has 2 aliphatic rings. The van der Waals surface area contributed by atoms with Crippen LogP contribution in [0, 0.1) is 5.92 Å². The summed E-state index contributed by atoms with van der Waals surface area (Å²) in [6.07, 6.45) is 6.07. The van der Waals surface area contributed by atoms with Gasteiger partial charge in [0.15, 0.2) is 0 Å². The van der Waals surface area contributed by atoms with Gasteiger partial charge in [-0.05, 0) is 5.92 Å². The normalized spacial score (nSPS) is 44.0. The number of hydrogen-bond donors (Lipinski definition) is 0. The van der Waals surface area contributed by atoms with Crippen LogP contribution in [0.15, 0.2) is 0 Å². The van der Waals surface area contributed by atoms with Crippen LogP contribution in [0.4, 0.5) is 0 Å². The topological polar surface area (TPSA) is 17.1 Å². The van der Waals surface area contributed by atoms with Crippen molar-refractivity contribution in [2.24, 2.45) is 5.92 Å². The predicted octanol–water partition coefficient (Wildman–Crippen LogP) is 1.87. The van der Waals surface area contributed by atoms with Gasteiger partial charge >= 0.3 is 0 Å². The molecule has 2 bridgehead atoms. The van der Waals surface area contributed by atoms with Gasteiger partial charge in [-0.15, -0.1) is 0 Å². The molecule has 0 aliphatic heterocycles. The number of carbonyl (C=O) groups excluding carboxylic acids is 1. The zero-order valence-corrected chi connectivity index (χ0v) is 6.81. The van der Waals surface area contributed by atoms with Crippen molar-refractivity contribution in [3.05, 3.63) is 0 Å². The molecule has 0 amide bonds. The van der Waals surface area contributed by atoms with E-state index in [1.165, 1.54) is 12.8 Å². The maximum atomic E-state index is 11.2. The summed E-state index contributed by atoms with van der Waals surface area (Å²) < 4.78 is 0. The van der Waals surface area contributed by atoms with E-state index in [9.17, 15) is 4.79 Å². The molecule has 0 aromatic rings. The lowest BCUT2D eigenvalue weighted by Crippen LogP contribution is -2.32. The second-order valence-electron chi connectivity index (χ2n) is 4.24. The maximum absolute atomic E-state index is 11.2. The van der Waals surface area contributed by atoms with Crippen LogP contribution in [0.1, 0.15) is 38.5 Å². The van der Waals surface area contributed by atoms with Crippen molar-refractivity contribution in [3.8, 4) is 0 Å². The Bertz CT molecular complexity index is 190. The summed E-state index contributed by atoms with van der Waals surface area (Å²) >= 11 is 0. The number of rotatable bonds is 0. The predicted molar refractivity (Wildman–Crippen MR) is 44.6 cm³/mol. The van der Waals surface area contributed by atoms with E-state index in [2.05, 4.69) is 0 Å². The molecule has 2 atom stereocenters. The van der Waals surface area contributed by atoms with Gasteiger partial charge in [0.2, 0.25) is 0 Å². The molecule has 2 fully saturated rings. The van der Waals surface area contributed by atoms with Crippen LogP contribution in [0.25, 0.3) is 0 Å². The monoisotopic (exact) mass is 148 g/mol. The first-order chi connectivity index (χ1) is 5.18. The Morgan fingerprint density at radius 3 is 3.09 bits per heavy atom. The lowest BCUT2D eigenvalue weighted by atomic mass is 9.52. The Balaban J connectivity index is 2.15. The Labute approximate surface area is 69.0 Å². The second-order valence-corrected chi connectivity index (χ2v) is 4.24. The van der Waals surface area contributed by atoms with Gasteiger partial charge in [-0.3, -0.25) is 4.79 Å². The highest BCUT2D eigenvalue weighted by atomic mass is 16.1. The third-order valence-corrected chi connectivity index (χ3v) is 3.05. The molecule has 0 saturated heterocycles. The summed E-state index contributed by atoms with van der Waals surface area (Å²) in [6, 6.07) is 0. The largest absolute Gasteiger partial charge is 0.300 e. The molecular formula is C9H13BO. The molecule has 2 radical (unpaired) electrons. The fourth-order valence-corrected chi connectivity index (χ4v) is 2.64. The van der Waals surface area contributed by atoms with Gasteiger partial charge in [-0.2, -0.15) is 0 Å². The molecule has 0 heterocycles. The van der Waals surface area contributed by atoms with Gasteiger partial charge in [-0.25, -0.2) is 0 Å². The smallest absolute Gasteiger partial charge is 0.132 e. The molecule has 2 unspecified atom stereocenters. The number of ketones is 1. The molecule has 2 aliphatic carbocycles. The van der Waals surface area contributed by atoms with Crippen LogP contribution in [0.5, 0.6) is 0 Å². The lowest BCUT2D eigenvalue weighted by molar-refractivity contribution is -0.123. The minimum Gasteiger partial charge on any atom is -0.300 e. The zero-order valence-electron chi connectivity index (χ0n) is 6.81. The summed E-state index contributed by atoms with van der Waals surface area (Å²) in [7, 11) is 6.07. The van der Waals surface area contributed by atoms with E-state index in [-0.39, 0.29) is 5.31 Å². The van der Waals surface area contributed by atoms with Crippen LogP contribution in [-0.4, -0.2) is 13.6 Å². The molecule has 58 valence electrons. The minimum atomic E-state index is -0.0990. The highest BCUT2D eigenvalue weighted by molar-refractivity contribution is 6.17. The number of hydrogen-bond acceptors (Lipinski definition) is 1. The molecule has 0 spiro atoms. The van der Waals surface area contributed by atoms with Crippen molar-refractivity contribution in [2.45, 2.75) is 43.8 Å². The third-order valence-electron chi connectivity index (χ3n) is 3.05. The summed E-state index contributed by atoms with van der Waals surface area (Å²) in [5.41, 5.74) is 0. The molecule has 2 heteroatoms. The van der Waals surface area contributed by atoms with Crippen molar-refractivity contribution in [1.82, 2.24) is 0 Å². The van der Waals surface area contributed by atoms with Crippen LogP contribution in [0.2, 0.25) is 5.31 Å². The van der Waals surface area contributed by atoms with Gasteiger partial charge in [0.25, 0.3) is 0 Å². The van der Waals surface area contributed by atoms with Gasteiger partial charge in [0.1, 0.15) is 5.78 Å². The van der Waals surface area contributed by atoms with Gasteiger partial charge in [0.05, 0.1) is 7.85 Å². The first kappa shape index (κ1) is 7.39. The minimum absolute atomic E-state index is 0.0990. The number of carbonyl (C=O) groups is 1. The second kappa shape index (κ2) is 2.36. The van der Waals surface area contributed by atoms with Crippen molar-refractivity contribution in [1.29, 1.82) is 0 Å². The molecule has 0 aromatic carbocycles. The highest BCUT2D eigenvalue weighted by Gasteiger charge is 2.38. The molecule has 0 N–H and O–H groups in total. The number of Topliss-reactive ketones (excluding diaryl/α,β-unsaturated/α-hetero) is 1. The summed E-state index contributed by atoms with van der Waals surface area (Å²) in [5.74, 6) is 1.01. The first-order valence-corrected chi connectivity index (χ1v) is 4.49. The molecule has 11 heavy (non-hydrogen) atoms. The molecular weight excluding hydrogens is 135 g/mol. The molecule has 0 aromatic heterocycles. The van der Waals surface area contributed by atoms with E-state index in [1.807, 2.05) is 0 Å². The Morgan fingerprint density at radius 2 is 2.36 bits per heavy atom. The van der Waals surface area contributed by atoms with Crippen LogP contribution in [-0.2, 0) is 4.79 Å². The van der Waals surface area contributed by atoms with Gasteiger partial charge < -0.3 is 0 Å². The van der Waals surface area contributed by atoms with Crippen molar-refractivity contribution < 1.29 is 4.79 Å². The molecule has 1 nitrogen and oxygen atoms in total. The fourth-order valence-electron chi connectivity index (χ4n) is 2.64. The summed E-state index contributed by atoms with van der Waals surface area (Å²) in [4.78, 5) is 11.2. The zero-order chi connectivity index (χ0) is 7.90. The fraction of sp³-hybridized carbons (Fsp3) is 0.889. The van der Waals surface area contributed by atoms with Crippen LogP contribution >= 0.6 is 0 Å². The molecule has 2 rings (SSSR count). The SMILES string of the molecule is [B]C12CCCC(CC(=O)C1)C2. The van der Waals surface area contributed by atoms with Gasteiger partial charge in [0, 0.05) is 12.8 Å². The van der Waals surface area contributed by atoms with E-state index in [1.54, 1.807) is 0 Å². The first-order valence-electron chi connectivity index (χ1n) is 4.49. The van der Waals surface area contributed by atoms with Crippen LogP contribution in [0.3, 0.4) is 0 Å². The Hall–Kier alpha value is -0.265. The average molecular weight is 148 g/mol. The molecule has 2 saturated carbocycles. The van der Waals surface area contributed by atoms with Crippen LogP contribution < -0.4 is 0 Å². The Kier molecular flexibility index (Phi) is 1.59. The Morgan fingerprint density at radius 1 is 1.55 bits per heavy atom. The van der Waals surface area contributed by atoms with E-state index >= 15 is 0 Å². The van der Waals surface area contributed by atoms with E-state index in [0.29, 0.717) is 18.1 Å². The third kappa shape index (κ3) is 1.35. The van der Waals surface area contributed by atoms with Crippen molar-refractivity contribution in [3.63, 3.8) is 0 Å². The van der Waals surface area contributed by atoms with E-state index in [0.717, 1.165) is 19.3 Å². The number of fused-ring (bicyclic) bond motifs is 2. The highest BCUT2D eigenvalue weighted by Crippen LogP contribution is 2.50.